The number of rotatable bonds is 4. The Bertz CT molecular complexity index is 815. The standard InChI is InChI=1S/C12H9Cl2NO4S2/c1-6-3-2-4-7(10(6)12(16)17)15-21(18,19)8-5-9(13)20-11(8)14/h2-5,15H,1H3,(H,16,17). The summed E-state index contributed by atoms with van der Waals surface area (Å²) in [5.41, 5.74) is 0.302. The summed E-state index contributed by atoms with van der Waals surface area (Å²) in [7, 11) is -4.02. The number of sulfonamides is 1. The van der Waals surface area contributed by atoms with Crippen LogP contribution in [0.15, 0.2) is 29.2 Å². The molecule has 1 aromatic carbocycles. The van der Waals surface area contributed by atoms with Crippen molar-refractivity contribution in [3.8, 4) is 0 Å². The number of benzene rings is 1. The number of halogens is 2. The van der Waals surface area contributed by atoms with Crippen LogP contribution in [0.4, 0.5) is 5.69 Å². The number of aryl methyl sites for hydroxylation is 1. The number of aromatic carboxylic acids is 1. The van der Waals surface area contributed by atoms with E-state index in [1.165, 1.54) is 12.1 Å². The maximum absolute atomic E-state index is 12.3. The Balaban J connectivity index is 2.50. The average molecular weight is 366 g/mol. The van der Waals surface area contributed by atoms with Crippen LogP contribution in [0, 0.1) is 6.92 Å². The first-order chi connectivity index (χ1) is 9.72. The molecule has 0 saturated heterocycles. The molecule has 0 spiro atoms. The molecule has 0 aliphatic carbocycles. The molecule has 5 nitrogen and oxygen atoms in total. The zero-order valence-corrected chi connectivity index (χ0v) is 13.7. The summed E-state index contributed by atoms with van der Waals surface area (Å²) < 4.78 is 27.0. The van der Waals surface area contributed by atoms with Gasteiger partial charge in [-0.15, -0.1) is 11.3 Å². The fourth-order valence-electron chi connectivity index (χ4n) is 1.74. The van der Waals surface area contributed by atoms with Crippen molar-refractivity contribution in [3.63, 3.8) is 0 Å². The lowest BCUT2D eigenvalue weighted by Gasteiger charge is -2.11. The van der Waals surface area contributed by atoms with Crippen LogP contribution in [0.25, 0.3) is 0 Å². The van der Waals surface area contributed by atoms with E-state index < -0.39 is 16.0 Å². The first kappa shape index (κ1) is 16.1. The van der Waals surface area contributed by atoms with Gasteiger partial charge in [0, 0.05) is 0 Å². The Morgan fingerprint density at radius 3 is 2.52 bits per heavy atom. The minimum absolute atomic E-state index is 0.0111. The number of carboxylic acids is 1. The zero-order valence-electron chi connectivity index (χ0n) is 10.6. The van der Waals surface area contributed by atoms with Gasteiger partial charge in [0.05, 0.1) is 15.6 Å². The van der Waals surface area contributed by atoms with Crippen molar-refractivity contribution in [2.75, 3.05) is 4.72 Å². The van der Waals surface area contributed by atoms with E-state index in [2.05, 4.69) is 4.72 Å². The summed E-state index contributed by atoms with van der Waals surface area (Å²) in [6.45, 7) is 1.58. The molecule has 0 radical (unpaired) electrons. The van der Waals surface area contributed by atoms with Gasteiger partial charge in [-0.25, -0.2) is 13.2 Å². The number of carbonyl (C=O) groups is 1. The molecule has 0 atom stereocenters. The monoisotopic (exact) mass is 365 g/mol. The Hall–Kier alpha value is -1.28. The van der Waals surface area contributed by atoms with Gasteiger partial charge in [-0.1, -0.05) is 35.3 Å². The highest BCUT2D eigenvalue weighted by Crippen LogP contribution is 2.35. The Kier molecular flexibility index (Phi) is 4.48. The summed E-state index contributed by atoms with van der Waals surface area (Å²) in [4.78, 5) is 11.1. The maximum Gasteiger partial charge on any atom is 0.338 e. The van der Waals surface area contributed by atoms with Gasteiger partial charge < -0.3 is 5.11 Å². The van der Waals surface area contributed by atoms with Gasteiger partial charge in [0.1, 0.15) is 9.23 Å². The van der Waals surface area contributed by atoms with Crippen LogP contribution in [0.1, 0.15) is 15.9 Å². The first-order valence-corrected chi connectivity index (χ1v) is 8.58. The highest BCUT2D eigenvalue weighted by molar-refractivity contribution is 7.93. The largest absolute Gasteiger partial charge is 0.478 e. The molecule has 1 aromatic heterocycles. The van der Waals surface area contributed by atoms with Crippen LogP contribution in [-0.4, -0.2) is 19.5 Å². The molecule has 0 aliphatic rings. The lowest BCUT2D eigenvalue weighted by Crippen LogP contribution is -2.16. The van der Waals surface area contributed by atoms with Gasteiger partial charge in [-0.05, 0) is 24.6 Å². The highest BCUT2D eigenvalue weighted by Gasteiger charge is 2.23. The molecular formula is C12H9Cl2NO4S2. The van der Waals surface area contributed by atoms with E-state index in [0.29, 0.717) is 5.56 Å². The van der Waals surface area contributed by atoms with Gasteiger partial charge >= 0.3 is 5.97 Å². The Morgan fingerprint density at radius 1 is 1.33 bits per heavy atom. The molecular weight excluding hydrogens is 357 g/mol. The second kappa shape index (κ2) is 5.84. The van der Waals surface area contributed by atoms with Crippen LogP contribution in [-0.2, 0) is 10.0 Å². The predicted molar refractivity (Wildman–Crippen MR) is 83.3 cm³/mol. The molecule has 112 valence electrons. The van der Waals surface area contributed by atoms with E-state index in [9.17, 15) is 18.3 Å². The molecule has 1 heterocycles. The third-order valence-corrected chi connectivity index (χ3v) is 5.76. The van der Waals surface area contributed by atoms with Gasteiger partial charge in [0.25, 0.3) is 10.0 Å². The van der Waals surface area contributed by atoms with Gasteiger partial charge in [0.2, 0.25) is 0 Å². The van der Waals surface area contributed by atoms with E-state index in [4.69, 9.17) is 23.2 Å². The number of hydrogen-bond acceptors (Lipinski definition) is 4. The smallest absolute Gasteiger partial charge is 0.338 e. The molecule has 21 heavy (non-hydrogen) atoms. The predicted octanol–water partition coefficient (Wildman–Crippen LogP) is 3.86. The van der Waals surface area contributed by atoms with Gasteiger partial charge in [0.15, 0.2) is 0 Å². The molecule has 0 saturated carbocycles. The van der Waals surface area contributed by atoms with E-state index in [0.717, 1.165) is 11.3 Å². The number of carboxylic acid groups (broad SMARTS) is 1. The molecule has 0 aliphatic heterocycles. The van der Waals surface area contributed by atoms with Crippen LogP contribution in [0.3, 0.4) is 0 Å². The van der Waals surface area contributed by atoms with Crippen LogP contribution in [0.2, 0.25) is 8.67 Å². The highest BCUT2D eigenvalue weighted by atomic mass is 35.5. The summed E-state index contributed by atoms with van der Waals surface area (Å²) in [5, 5.41) is 9.19. The lowest BCUT2D eigenvalue weighted by atomic mass is 10.1. The molecule has 2 rings (SSSR count). The van der Waals surface area contributed by atoms with E-state index in [1.807, 2.05) is 0 Å². The van der Waals surface area contributed by atoms with Crippen molar-refractivity contribution >= 4 is 56.2 Å². The summed E-state index contributed by atoms with van der Waals surface area (Å²) >= 11 is 12.5. The number of thiophene rings is 1. The van der Waals surface area contributed by atoms with Crippen molar-refractivity contribution in [2.24, 2.45) is 0 Å². The first-order valence-electron chi connectivity index (χ1n) is 5.53. The Labute approximate surface area is 135 Å². The Morgan fingerprint density at radius 2 is 2.00 bits per heavy atom. The molecule has 0 bridgehead atoms. The van der Waals surface area contributed by atoms with Crippen LogP contribution < -0.4 is 4.72 Å². The number of anilines is 1. The fraction of sp³-hybridized carbons (Fsp3) is 0.0833. The number of hydrogen-bond donors (Lipinski definition) is 2. The minimum Gasteiger partial charge on any atom is -0.478 e. The third-order valence-electron chi connectivity index (χ3n) is 2.65. The quantitative estimate of drug-likeness (QED) is 0.861. The van der Waals surface area contributed by atoms with Gasteiger partial charge in [-0.3, -0.25) is 4.72 Å². The maximum atomic E-state index is 12.3. The average Bonchev–Trinajstić information content (AvgIpc) is 2.68. The minimum atomic E-state index is -4.02. The third kappa shape index (κ3) is 3.32. The summed E-state index contributed by atoms with van der Waals surface area (Å²) in [6, 6.07) is 5.72. The van der Waals surface area contributed by atoms with E-state index >= 15 is 0 Å². The normalized spacial score (nSPS) is 11.4. The van der Waals surface area contributed by atoms with Crippen molar-refractivity contribution in [2.45, 2.75) is 11.8 Å². The molecule has 2 aromatic rings. The summed E-state index contributed by atoms with van der Waals surface area (Å²) in [6.07, 6.45) is 0. The lowest BCUT2D eigenvalue weighted by molar-refractivity contribution is 0.0697. The van der Waals surface area contributed by atoms with Crippen LogP contribution in [0.5, 0.6) is 0 Å². The van der Waals surface area contributed by atoms with E-state index in [-0.39, 0.29) is 24.8 Å². The molecule has 2 N–H and O–H groups in total. The molecule has 9 heteroatoms. The van der Waals surface area contributed by atoms with Gasteiger partial charge in [-0.2, -0.15) is 0 Å². The van der Waals surface area contributed by atoms with Crippen LogP contribution >= 0.6 is 34.5 Å². The zero-order chi connectivity index (χ0) is 15.8. The topological polar surface area (TPSA) is 83.5 Å². The van der Waals surface area contributed by atoms with Crippen molar-refractivity contribution in [1.82, 2.24) is 0 Å². The number of nitrogens with one attached hydrogen (secondary N) is 1. The second-order valence-corrected chi connectivity index (χ2v) is 8.03. The second-order valence-electron chi connectivity index (χ2n) is 4.10. The SMILES string of the molecule is Cc1cccc(NS(=O)(=O)c2cc(Cl)sc2Cl)c1C(=O)O. The molecule has 0 fully saturated rings. The van der Waals surface area contributed by atoms with E-state index in [1.54, 1.807) is 19.1 Å². The van der Waals surface area contributed by atoms with Crippen molar-refractivity contribution < 1.29 is 18.3 Å². The molecule has 0 amide bonds. The molecule has 0 unspecified atom stereocenters. The van der Waals surface area contributed by atoms with Crippen molar-refractivity contribution in [3.05, 3.63) is 44.1 Å². The van der Waals surface area contributed by atoms with Crippen molar-refractivity contribution in [1.29, 1.82) is 0 Å². The fourth-order valence-corrected chi connectivity index (χ4v) is 4.97. The summed E-state index contributed by atoms with van der Waals surface area (Å²) in [5.74, 6) is -1.22.